The molecule has 1 unspecified atom stereocenters. The summed E-state index contributed by atoms with van der Waals surface area (Å²) < 4.78 is 0. The second-order valence-corrected chi connectivity index (χ2v) is 6.54. The van der Waals surface area contributed by atoms with E-state index in [1.54, 1.807) is 0 Å². The lowest BCUT2D eigenvalue weighted by atomic mass is 9.71. The average molecular weight is 232 g/mol. The van der Waals surface area contributed by atoms with Crippen molar-refractivity contribution in [2.45, 2.75) is 50.6 Å². The molecule has 0 saturated carbocycles. The highest BCUT2D eigenvalue weighted by Gasteiger charge is 2.45. The van der Waals surface area contributed by atoms with E-state index < -0.39 is 0 Å². The summed E-state index contributed by atoms with van der Waals surface area (Å²) in [6, 6.07) is 1.80. The van der Waals surface area contributed by atoms with Crippen LogP contribution >= 0.6 is 0 Å². The average Bonchev–Trinajstić information content (AvgIpc) is 2.39. The minimum Gasteiger partial charge on any atom is -0.374 e. The molecule has 4 aliphatic heterocycles. The number of rotatable bonds is 0. The minimum absolute atomic E-state index is 0.874. The first-order valence-corrected chi connectivity index (χ1v) is 7.58. The second kappa shape index (κ2) is 4.01. The molecule has 0 aromatic rings. The molecule has 4 atom stereocenters. The summed E-state index contributed by atoms with van der Waals surface area (Å²) in [7, 11) is 0. The van der Waals surface area contributed by atoms with E-state index in [1.165, 1.54) is 58.2 Å². The lowest BCUT2D eigenvalue weighted by Crippen LogP contribution is -2.61. The molecule has 0 spiro atoms. The zero-order valence-electron chi connectivity index (χ0n) is 10.7. The van der Waals surface area contributed by atoms with Crippen LogP contribution in [-0.2, 0) is 0 Å². The van der Waals surface area contributed by atoms with Crippen LogP contribution in [-0.4, -0.2) is 41.5 Å². The Kier molecular flexibility index (Phi) is 2.46. The van der Waals surface area contributed by atoms with Gasteiger partial charge in [0.1, 0.15) is 0 Å². The molecule has 4 rings (SSSR count). The monoisotopic (exact) mass is 232 g/mol. The number of hydrogen-bond acceptors (Lipinski definition) is 2. The van der Waals surface area contributed by atoms with Crippen LogP contribution in [0.25, 0.3) is 0 Å². The highest BCUT2D eigenvalue weighted by molar-refractivity contribution is 5.05. The van der Waals surface area contributed by atoms with Crippen molar-refractivity contribution < 1.29 is 0 Å². The fourth-order valence-corrected chi connectivity index (χ4v) is 4.90. The first-order valence-electron chi connectivity index (χ1n) is 7.58. The Morgan fingerprint density at radius 2 is 1.88 bits per heavy atom. The van der Waals surface area contributed by atoms with Gasteiger partial charge in [-0.1, -0.05) is 12.5 Å². The van der Waals surface area contributed by atoms with Crippen LogP contribution in [0.4, 0.5) is 0 Å². The Labute approximate surface area is 105 Å². The van der Waals surface area contributed by atoms with E-state index in [4.69, 9.17) is 0 Å². The van der Waals surface area contributed by atoms with Crippen molar-refractivity contribution in [1.29, 1.82) is 0 Å². The quantitative estimate of drug-likeness (QED) is 0.633. The SMILES string of the molecule is C1=CN2C[C@@H]3C[C@@H](CN4CCCC[C@@H]34)C2CC1. The summed E-state index contributed by atoms with van der Waals surface area (Å²) in [5.41, 5.74) is 0. The summed E-state index contributed by atoms with van der Waals surface area (Å²) >= 11 is 0. The molecule has 2 heteroatoms. The number of fused-ring (bicyclic) bond motifs is 6. The molecule has 2 nitrogen and oxygen atoms in total. The lowest BCUT2D eigenvalue weighted by Gasteiger charge is -2.56. The van der Waals surface area contributed by atoms with Gasteiger partial charge in [0.2, 0.25) is 0 Å². The van der Waals surface area contributed by atoms with Crippen molar-refractivity contribution in [3.8, 4) is 0 Å². The van der Waals surface area contributed by atoms with Crippen molar-refractivity contribution in [3.63, 3.8) is 0 Å². The fraction of sp³-hybridized carbons (Fsp3) is 0.867. The molecule has 0 aromatic carbocycles. The fourth-order valence-electron chi connectivity index (χ4n) is 4.90. The van der Waals surface area contributed by atoms with Crippen LogP contribution in [0.15, 0.2) is 12.3 Å². The third-order valence-electron chi connectivity index (χ3n) is 5.62. The van der Waals surface area contributed by atoms with Gasteiger partial charge in [0.15, 0.2) is 0 Å². The van der Waals surface area contributed by atoms with Crippen LogP contribution in [0.3, 0.4) is 0 Å². The molecule has 17 heavy (non-hydrogen) atoms. The third-order valence-corrected chi connectivity index (χ3v) is 5.62. The summed E-state index contributed by atoms with van der Waals surface area (Å²) in [5.74, 6) is 1.93. The smallest absolute Gasteiger partial charge is 0.0327 e. The predicted octanol–water partition coefficient (Wildman–Crippen LogP) is 2.47. The molecule has 3 fully saturated rings. The molecule has 4 aliphatic rings. The molecule has 0 radical (unpaired) electrons. The summed E-state index contributed by atoms with van der Waals surface area (Å²) in [6.07, 6.45) is 13.4. The van der Waals surface area contributed by atoms with Crippen molar-refractivity contribution in [2.24, 2.45) is 11.8 Å². The molecular formula is C15H24N2. The van der Waals surface area contributed by atoms with Gasteiger partial charge >= 0.3 is 0 Å². The molecule has 3 saturated heterocycles. The van der Waals surface area contributed by atoms with Gasteiger partial charge in [-0.25, -0.2) is 0 Å². The minimum atomic E-state index is 0.874. The standard InChI is InChI=1S/C15H24N2/c1-3-7-16-11-13-9-12(14(16)5-1)10-17-8-4-2-6-15(13)17/h3,7,12-15H,1-2,4-6,8-11H2/t12-,13-,14?,15-/m0/s1. The van der Waals surface area contributed by atoms with Crippen molar-refractivity contribution in [2.75, 3.05) is 19.6 Å². The molecule has 0 amide bonds. The van der Waals surface area contributed by atoms with Gasteiger partial charge in [-0.05, 0) is 56.7 Å². The second-order valence-electron chi connectivity index (χ2n) is 6.54. The van der Waals surface area contributed by atoms with Crippen LogP contribution < -0.4 is 0 Å². The molecule has 0 aliphatic carbocycles. The predicted molar refractivity (Wildman–Crippen MR) is 69.7 cm³/mol. The van der Waals surface area contributed by atoms with E-state index >= 15 is 0 Å². The Morgan fingerprint density at radius 3 is 2.88 bits per heavy atom. The number of piperidine rings is 3. The van der Waals surface area contributed by atoms with Gasteiger partial charge in [-0.2, -0.15) is 0 Å². The maximum Gasteiger partial charge on any atom is 0.0327 e. The Bertz CT molecular complexity index is 325. The molecular weight excluding hydrogens is 208 g/mol. The highest BCUT2D eigenvalue weighted by atomic mass is 15.2. The summed E-state index contributed by atoms with van der Waals surface area (Å²) in [6.45, 7) is 4.13. The Morgan fingerprint density at radius 1 is 0.941 bits per heavy atom. The molecule has 2 bridgehead atoms. The zero-order valence-corrected chi connectivity index (χ0v) is 10.7. The third kappa shape index (κ3) is 1.64. The van der Waals surface area contributed by atoms with E-state index in [2.05, 4.69) is 22.1 Å². The first kappa shape index (κ1) is 10.4. The van der Waals surface area contributed by atoms with E-state index in [-0.39, 0.29) is 0 Å². The maximum atomic E-state index is 2.85. The molecule has 4 heterocycles. The molecule has 0 aromatic heterocycles. The zero-order chi connectivity index (χ0) is 11.2. The van der Waals surface area contributed by atoms with Crippen LogP contribution in [0.2, 0.25) is 0 Å². The lowest BCUT2D eigenvalue weighted by molar-refractivity contribution is -0.0495. The van der Waals surface area contributed by atoms with Crippen LogP contribution in [0.5, 0.6) is 0 Å². The van der Waals surface area contributed by atoms with E-state index in [9.17, 15) is 0 Å². The van der Waals surface area contributed by atoms with Crippen molar-refractivity contribution in [3.05, 3.63) is 12.3 Å². The summed E-state index contributed by atoms with van der Waals surface area (Å²) in [4.78, 5) is 5.53. The summed E-state index contributed by atoms with van der Waals surface area (Å²) in [5, 5.41) is 0. The Hall–Kier alpha value is -0.500. The number of hydrogen-bond donors (Lipinski definition) is 0. The van der Waals surface area contributed by atoms with Gasteiger partial charge in [-0.15, -0.1) is 0 Å². The van der Waals surface area contributed by atoms with Gasteiger partial charge < -0.3 is 4.90 Å². The van der Waals surface area contributed by atoms with E-state index in [0.717, 1.165) is 23.9 Å². The van der Waals surface area contributed by atoms with Gasteiger partial charge in [-0.3, -0.25) is 4.90 Å². The first-order chi connectivity index (χ1) is 8.42. The largest absolute Gasteiger partial charge is 0.374 e. The number of nitrogens with zero attached hydrogens (tertiary/aromatic N) is 2. The Balaban J connectivity index is 1.59. The van der Waals surface area contributed by atoms with E-state index in [1.807, 2.05) is 0 Å². The number of allylic oxidation sites excluding steroid dienone is 1. The molecule has 94 valence electrons. The van der Waals surface area contributed by atoms with E-state index in [0.29, 0.717) is 0 Å². The van der Waals surface area contributed by atoms with Crippen LogP contribution in [0, 0.1) is 11.8 Å². The van der Waals surface area contributed by atoms with Gasteiger partial charge in [0.05, 0.1) is 0 Å². The maximum absolute atomic E-state index is 2.85. The van der Waals surface area contributed by atoms with Crippen LogP contribution in [0.1, 0.15) is 38.5 Å². The van der Waals surface area contributed by atoms with Gasteiger partial charge in [0, 0.05) is 25.2 Å². The highest BCUT2D eigenvalue weighted by Crippen LogP contribution is 2.42. The molecule has 0 N–H and O–H groups in total. The van der Waals surface area contributed by atoms with Crippen molar-refractivity contribution >= 4 is 0 Å². The van der Waals surface area contributed by atoms with Gasteiger partial charge in [0.25, 0.3) is 0 Å². The van der Waals surface area contributed by atoms with Crippen molar-refractivity contribution in [1.82, 2.24) is 9.80 Å². The normalized spacial score (nSPS) is 45.3. The topological polar surface area (TPSA) is 6.48 Å².